The molecule has 0 heterocycles. The fraction of sp³-hybridized carbons (Fsp3) is 0.833. The van der Waals surface area contributed by atoms with Crippen LogP contribution in [0.4, 0.5) is 8.78 Å². The van der Waals surface area contributed by atoms with Crippen molar-refractivity contribution in [3.8, 4) is 0 Å². The molecule has 1 radical (unpaired) electrons. The number of hydrogen-bond donors (Lipinski definition) is 0. The lowest BCUT2D eigenvalue weighted by molar-refractivity contribution is 0.244. The van der Waals surface area contributed by atoms with Gasteiger partial charge in [-0.25, -0.2) is 8.78 Å². The van der Waals surface area contributed by atoms with Crippen LogP contribution in [0.25, 0.3) is 0 Å². The van der Waals surface area contributed by atoms with Gasteiger partial charge in [-0.15, -0.1) is 0 Å². The van der Waals surface area contributed by atoms with Crippen molar-refractivity contribution in [2.24, 2.45) is 0 Å². The Morgan fingerprint density at radius 1 is 1.50 bits per heavy atom. The van der Waals surface area contributed by atoms with Crippen LogP contribution in [0.3, 0.4) is 0 Å². The maximum Gasteiger partial charge on any atom is 0.128 e. The summed E-state index contributed by atoms with van der Waals surface area (Å²) in [5, 5.41) is 0. The molecule has 0 spiro atoms. The highest BCUT2D eigenvalue weighted by Gasteiger charge is 2.02. The molecule has 0 unspecified atom stereocenters. The Morgan fingerprint density at radius 2 is 2.12 bits per heavy atom. The molecule has 0 aliphatic carbocycles. The molecule has 8 heavy (non-hydrogen) atoms. The van der Waals surface area contributed by atoms with Gasteiger partial charge in [0.2, 0.25) is 0 Å². The third-order valence-corrected chi connectivity index (χ3v) is 0.935. The molecule has 0 aromatic carbocycles. The van der Waals surface area contributed by atoms with E-state index in [0.717, 1.165) is 0 Å². The first-order chi connectivity index (χ1) is 3.81. The SMILES string of the molecule is [CH2]CCC[C@H](F)CF. The molecule has 0 aliphatic rings. The van der Waals surface area contributed by atoms with Gasteiger partial charge in [0.05, 0.1) is 0 Å². The van der Waals surface area contributed by atoms with Gasteiger partial charge in [-0.05, 0) is 6.42 Å². The Morgan fingerprint density at radius 3 is 2.50 bits per heavy atom. The maximum absolute atomic E-state index is 11.9. The molecule has 0 saturated carbocycles. The van der Waals surface area contributed by atoms with Crippen LogP contribution < -0.4 is 0 Å². The van der Waals surface area contributed by atoms with E-state index in [1.165, 1.54) is 0 Å². The van der Waals surface area contributed by atoms with E-state index >= 15 is 0 Å². The van der Waals surface area contributed by atoms with Crippen molar-refractivity contribution in [1.29, 1.82) is 0 Å². The predicted octanol–water partition coefficient (Wildman–Crippen LogP) is 2.30. The quantitative estimate of drug-likeness (QED) is 0.535. The van der Waals surface area contributed by atoms with Crippen molar-refractivity contribution < 1.29 is 8.78 Å². The molecule has 49 valence electrons. The van der Waals surface area contributed by atoms with Crippen molar-refractivity contribution in [3.05, 3.63) is 6.92 Å². The molecule has 0 aromatic rings. The van der Waals surface area contributed by atoms with Gasteiger partial charge in [0, 0.05) is 0 Å². The first-order valence-corrected chi connectivity index (χ1v) is 2.80. The number of alkyl halides is 2. The first-order valence-electron chi connectivity index (χ1n) is 2.80. The summed E-state index contributed by atoms with van der Waals surface area (Å²) in [6.45, 7) is 2.66. The van der Waals surface area contributed by atoms with Gasteiger partial charge < -0.3 is 0 Å². The van der Waals surface area contributed by atoms with E-state index in [0.29, 0.717) is 19.3 Å². The molecule has 0 saturated heterocycles. The molecular weight excluding hydrogens is 110 g/mol. The van der Waals surface area contributed by atoms with E-state index in [1.54, 1.807) is 0 Å². The van der Waals surface area contributed by atoms with Gasteiger partial charge in [-0.2, -0.15) is 0 Å². The standard InChI is InChI=1S/C6H11F2/c1-2-3-4-6(8)5-7/h6H,1-5H2/t6-/m0/s1. The molecule has 0 rings (SSSR count). The van der Waals surface area contributed by atoms with Crippen LogP contribution in [0.5, 0.6) is 0 Å². The lowest BCUT2D eigenvalue weighted by Crippen LogP contribution is -2.00. The average Bonchev–Trinajstić information content (AvgIpc) is 1.83. The van der Waals surface area contributed by atoms with Crippen molar-refractivity contribution in [2.45, 2.75) is 25.4 Å². The monoisotopic (exact) mass is 121 g/mol. The zero-order valence-electron chi connectivity index (χ0n) is 4.87. The lowest BCUT2D eigenvalue weighted by atomic mass is 10.2. The van der Waals surface area contributed by atoms with Crippen LogP contribution in [0.1, 0.15) is 19.3 Å². The molecule has 0 bridgehead atoms. The van der Waals surface area contributed by atoms with E-state index in [9.17, 15) is 8.78 Å². The predicted molar refractivity (Wildman–Crippen MR) is 30.1 cm³/mol. The third-order valence-electron chi connectivity index (χ3n) is 0.935. The van der Waals surface area contributed by atoms with Gasteiger partial charge in [-0.3, -0.25) is 0 Å². The minimum Gasteiger partial charge on any atom is -0.248 e. The smallest absolute Gasteiger partial charge is 0.128 e. The first kappa shape index (κ1) is 7.86. The Hall–Kier alpha value is -0.140. The number of unbranched alkanes of at least 4 members (excludes halogenated alkanes) is 1. The molecule has 1 atom stereocenters. The number of rotatable bonds is 4. The van der Waals surface area contributed by atoms with Gasteiger partial charge >= 0.3 is 0 Å². The number of hydrogen-bond acceptors (Lipinski definition) is 0. The second-order valence-electron chi connectivity index (χ2n) is 1.75. The molecular formula is C6H11F2. The average molecular weight is 121 g/mol. The zero-order chi connectivity index (χ0) is 6.41. The van der Waals surface area contributed by atoms with E-state index in [1.807, 2.05) is 0 Å². The van der Waals surface area contributed by atoms with Crippen LogP contribution in [0.15, 0.2) is 0 Å². The molecule has 0 fully saturated rings. The Bertz CT molecular complexity index is 45.8. The van der Waals surface area contributed by atoms with Crippen LogP contribution in [-0.2, 0) is 0 Å². The van der Waals surface area contributed by atoms with Gasteiger partial charge in [0.1, 0.15) is 12.8 Å². The Balaban J connectivity index is 2.86. The second-order valence-corrected chi connectivity index (χ2v) is 1.75. The Labute approximate surface area is 48.9 Å². The summed E-state index contributed by atoms with van der Waals surface area (Å²) in [7, 11) is 0. The summed E-state index contributed by atoms with van der Waals surface area (Å²) in [6, 6.07) is 0. The van der Waals surface area contributed by atoms with Crippen LogP contribution >= 0.6 is 0 Å². The summed E-state index contributed by atoms with van der Waals surface area (Å²) < 4.78 is 23.2. The van der Waals surface area contributed by atoms with E-state index in [2.05, 4.69) is 6.92 Å². The summed E-state index contributed by atoms with van der Waals surface area (Å²) >= 11 is 0. The zero-order valence-corrected chi connectivity index (χ0v) is 4.87. The molecule has 0 aromatic heterocycles. The largest absolute Gasteiger partial charge is 0.248 e. The molecule has 0 amide bonds. The highest BCUT2D eigenvalue weighted by molar-refractivity contribution is 4.53. The maximum atomic E-state index is 11.9. The van der Waals surface area contributed by atoms with E-state index in [4.69, 9.17) is 0 Å². The fourth-order valence-electron chi connectivity index (χ4n) is 0.443. The van der Waals surface area contributed by atoms with Crippen molar-refractivity contribution in [3.63, 3.8) is 0 Å². The second kappa shape index (κ2) is 5.01. The lowest BCUT2D eigenvalue weighted by Gasteiger charge is -1.98. The van der Waals surface area contributed by atoms with Crippen LogP contribution in [0.2, 0.25) is 0 Å². The highest BCUT2D eigenvalue weighted by atomic mass is 19.2. The van der Waals surface area contributed by atoms with E-state index in [-0.39, 0.29) is 0 Å². The Kier molecular flexibility index (Phi) is 4.92. The van der Waals surface area contributed by atoms with Crippen LogP contribution in [-0.4, -0.2) is 12.8 Å². The summed E-state index contributed by atoms with van der Waals surface area (Å²) in [5.74, 6) is 0. The van der Waals surface area contributed by atoms with Crippen molar-refractivity contribution in [2.75, 3.05) is 6.67 Å². The highest BCUT2D eigenvalue weighted by Crippen LogP contribution is 2.03. The fourth-order valence-corrected chi connectivity index (χ4v) is 0.443. The summed E-state index contributed by atoms with van der Waals surface area (Å²) in [6.07, 6.45) is 0.447. The topological polar surface area (TPSA) is 0 Å². The minimum atomic E-state index is -1.25. The molecule has 0 aliphatic heterocycles. The van der Waals surface area contributed by atoms with Crippen molar-refractivity contribution in [1.82, 2.24) is 0 Å². The summed E-state index contributed by atoms with van der Waals surface area (Å²) in [4.78, 5) is 0. The van der Waals surface area contributed by atoms with Crippen LogP contribution in [0, 0.1) is 6.92 Å². The normalized spacial score (nSPS) is 13.9. The van der Waals surface area contributed by atoms with E-state index < -0.39 is 12.8 Å². The van der Waals surface area contributed by atoms with Gasteiger partial charge in [-0.1, -0.05) is 19.8 Å². The summed E-state index contributed by atoms with van der Waals surface area (Å²) in [5.41, 5.74) is 0. The van der Waals surface area contributed by atoms with Gasteiger partial charge in [0.25, 0.3) is 0 Å². The van der Waals surface area contributed by atoms with Gasteiger partial charge in [0.15, 0.2) is 0 Å². The third kappa shape index (κ3) is 4.03. The molecule has 2 heteroatoms. The molecule has 0 N–H and O–H groups in total. The molecule has 0 nitrogen and oxygen atoms in total. The number of halogens is 2. The minimum absolute atomic E-state index is 0.319. The van der Waals surface area contributed by atoms with Crippen molar-refractivity contribution >= 4 is 0 Å².